The minimum atomic E-state index is 0.00308. The lowest BCUT2D eigenvalue weighted by Gasteiger charge is -2.07. The van der Waals surface area contributed by atoms with E-state index >= 15 is 0 Å². The molecule has 0 unspecified atom stereocenters. The number of alkyl halides is 1. The van der Waals surface area contributed by atoms with E-state index < -0.39 is 0 Å². The van der Waals surface area contributed by atoms with Gasteiger partial charge in [-0.25, -0.2) is 4.98 Å². The van der Waals surface area contributed by atoms with Crippen LogP contribution >= 0.6 is 11.6 Å². The fraction of sp³-hybridized carbons (Fsp3) is 0.615. The predicted molar refractivity (Wildman–Crippen MR) is 78.7 cm³/mol. The molecule has 0 aliphatic carbocycles. The molecule has 0 aliphatic rings. The number of rotatable bonds is 6. The second kappa shape index (κ2) is 6.26. The summed E-state index contributed by atoms with van der Waals surface area (Å²) in [5.41, 5.74) is 2.84. The first-order chi connectivity index (χ1) is 9.62. The molecular formula is C13H20ClN5O. The Labute approximate surface area is 123 Å². The number of fused-ring (bicyclic) bond motifs is 1. The third-order valence-corrected chi connectivity index (χ3v) is 3.56. The summed E-state index contributed by atoms with van der Waals surface area (Å²) in [6.45, 7) is 2.68. The number of hydrogen-bond donors (Lipinski definition) is 1. The molecule has 0 aliphatic heterocycles. The smallest absolute Gasteiger partial charge is 0.221 e. The SMILES string of the molecule is CCCc1nn(C)c2c1nc(CCl)n2CCC(=O)NC. The molecule has 0 saturated heterocycles. The van der Waals surface area contributed by atoms with Crippen molar-refractivity contribution in [2.45, 2.75) is 38.6 Å². The minimum Gasteiger partial charge on any atom is -0.359 e. The number of nitrogens with one attached hydrogen (secondary N) is 1. The maximum atomic E-state index is 11.4. The maximum absolute atomic E-state index is 11.4. The van der Waals surface area contributed by atoms with Crippen molar-refractivity contribution in [3.8, 4) is 0 Å². The van der Waals surface area contributed by atoms with E-state index in [1.807, 2.05) is 16.3 Å². The molecule has 110 valence electrons. The number of halogens is 1. The molecule has 0 fully saturated rings. The topological polar surface area (TPSA) is 64.7 Å². The van der Waals surface area contributed by atoms with Crippen molar-refractivity contribution in [1.82, 2.24) is 24.6 Å². The monoisotopic (exact) mass is 297 g/mol. The first-order valence-corrected chi connectivity index (χ1v) is 7.33. The van der Waals surface area contributed by atoms with Crippen LogP contribution in [0.15, 0.2) is 0 Å². The second-order valence-corrected chi connectivity index (χ2v) is 5.00. The number of amides is 1. The highest BCUT2D eigenvalue weighted by atomic mass is 35.5. The van der Waals surface area contributed by atoms with Gasteiger partial charge in [0.05, 0.1) is 11.6 Å². The number of aromatic nitrogens is 4. The van der Waals surface area contributed by atoms with E-state index in [-0.39, 0.29) is 5.91 Å². The van der Waals surface area contributed by atoms with E-state index in [1.165, 1.54) is 0 Å². The van der Waals surface area contributed by atoms with Gasteiger partial charge in [-0.3, -0.25) is 9.48 Å². The molecular weight excluding hydrogens is 278 g/mol. The molecule has 7 heteroatoms. The average molecular weight is 298 g/mol. The molecule has 2 heterocycles. The Morgan fingerprint density at radius 2 is 2.20 bits per heavy atom. The Hall–Kier alpha value is -1.56. The predicted octanol–water partition coefficient (Wildman–Crippen LogP) is 1.60. The van der Waals surface area contributed by atoms with Gasteiger partial charge < -0.3 is 9.88 Å². The van der Waals surface area contributed by atoms with Crippen molar-refractivity contribution in [3.05, 3.63) is 11.5 Å². The number of aryl methyl sites for hydroxylation is 3. The van der Waals surface area contributed by atoms with Gasteiger partial charge in [0.2, 0.25) is 5.91 Å². The van der Waals surface area contributed by atoms with E-state index in [1.54, 1.807) is 7.05 Å². The molecule has 1 N–H and O–H groups in total. The summed E-state index contributed by atoms with van der Waals surface area (Å²) in [6, 6.07) is 0. The molecule has 0 saturated carbocycles. The number of hydrogen-bond acceptors (Lipinski definition) is 3. The summed E-state index contributed by atoms with van der Waals surface area (Å²) >= 11 is 5.98. The third kappa shape index (κ3) is 2.65. The second-order valence-electron chi connectivity index (χ2n) is 4.73. The fourth-order valence-corrected chi connectivity index (χ4v) is 2.57. The van der Waals surface area contributed by atoms with Gasteiger partial charge in [0, 0.05) is 27.1 Å². The summed E-state index contributed by atoms with van der Waals surface area (Å²) in [7, 11) is 3.54. The third-order valence-electron chi connectivity index (χ3n) is 3.32. The Bertz CT molecular complexity index is 616. The highest BCUT2D eigenvalue weighted by molar-refractivity contribution is 6.16. The van der Waals surface area contributed by atoms with E-state index in [4.69, 9.17) is 11.6 Å². The summed E-state index contributed by atoms with van der Waals surface area (Å²) in [6.07, 6.45) is 2.32. The molecule has 6 nitrogen and oxygen atoms in total. The summed E-state index contributed by atoms with van der Waals surface area (Å²) < 4.78 is 3.82. The van der Waals surface area contributed by atoms with Crippen LogP contribution in [-0.2, 0) is 30.7 Å². The van der Waals surface area contributed by atoms with Crippen LogP contribution < -0.4 is 5.32 Å². The number of carbonyl (C=O) groups is 1. The highest BCUT2D eigenvalue weighted by Crippen LogP contribution is 2.22. The number of nitrogens with zero attached hydrogens (tertiary/aromatic N) is 4. The van der Waals surface area contributed by atoms with Crippen molar-refractivity contribution >= 4 is 28.7 Å². The van der Waals surface area contributed by atoms with E-state index in [0.29, 0.717) is 18.8 Å². The molecule has 2 aromatic heterocycles. The lowest BCUT2D eigenvalue weighted by atomic mass is 10.2. The molecule has 0 atom stereocenters. The lowest BCUT2D eigenvalue weighted by molar-refractivity contribution is -0.120. The molecule has 2 aromatic rings. The molecule has 2 rings (SSSR count). The van der Waals surface area contributed by atoms with E-state index in [2.05, 4.69) is 22.3 Å². The maximum Gasteiger partial charge on any atom is 0.221 e. The molecule has 0 bridgehead atoms. The van der Waals surface area contributed by atoms with E-state index in [0.717, 1.165) is 35.5 Å². The van der Waals surface area contributed by atoms with Gasteiger partial charge in [0.15, 0.2) is 5.65 Å². The first-order valence-electron chi connectivity index (χ1n) is 6.79. The van der Waals surface area contributed by atoms with Gasteiger partial charge in [0.25, 0.3) is 0 Å². The van der Waals surface area contributed by atoms with Crippen molar-refractivity contribution < 1.29 is 4.79 Å². The van der Waals surface area contributed by atoms with Crippen molar-refractivity contribution in [1.29, 1.82) is 0 Å². The molecule has 0 spiro atoms. The average Bonchev–Trinajstić information content (AvgIpc) is 2.95. The molecule has 1 amide bonds. The standard InChI is InChI=1S/C13H20ClN5O/c1-4-5-9-12-13(18(3)17-9)19(10(8-14)16-12)7-6-11(20)15-2/h4-8H2,1-3H3,(H,15,20). The zero-order chi connectivity index (χ0) is 14.7. The molecule has 0 aromatic carbocycles. The van der Waals surface area contributed by atoms with E-state index in [9.17, 15) is 4.79 Å². The Morgan fingerprint density at radius 3 is 2.80 bits per heavy atom. The number of imidazole rings is 1. The van der Waals surface area contributed by atoms with Gasteiger partial charge in [0.1, 0.15) is 11.3 Å². The number of carbonyl (C=O) groups excluding carboxylic acids is 1. The van der Waals surface area contributed by atoms with Gasteiger partial charge >= 0.3 is 0 Å². The van der Waals surface area contributed by atoms with Gasteiger partial charge in [-0.1, -0.05) is 13.3 Å². The van der Waals surface area contributed by atoms with Crippen LogP contribution in [-0.4, -0.2) is 32.3 Å². The van der Waals surface area contributed by atoms with Crippen molar-refractivity contribution in [2.24, 2.45) is 7.05 Å². The van der Waals surface area contributed by atoms with Crippen molar-refractivity contribution in [3.63, 3.8) is 0 Å². The van der Waals surface area contributed by atoms with Crippen LogP contribution in [0, 0.1) is 0 Å². The molecule has 20 heavy (non-hydrogen) atoms. The van der Waals surface area contributed by atoms with Gasteiger partial charge in [-0.05, 0) is 6.42 Å². The van der Waals surface area contributed by atoms with Gasteiger partial charge in [-0.15, -0.1) is 11.6 Å². The van der Waals surface area contributed by atoms with Crippen LogP contribution in [0.5, 0.6) is 0 Å². The van der Waals surface area contributed by atoms with Crippen LogP contribution in [0.25, 0.3) is 11.2 Å². The zero-order valence-corrected chi connectivity index (χ0v) is 12.9. The lowest BCUT2D eigenvalue weighted by Crippen LogP contribution is -2.20. The Balaban J connectivity index is 2.43. The van der Waals surface area contributed by atoms with Crippen molar-refractivity contribution in [2.75, 3.05) is 7.05 Å². The summed E-state index contributed by atoms with van der Waals surface area (Å²) in [5.74, 6) is 1.12. The van der Waals surface area contributed by atoms with Crippen LogP contribution in [0.2, 0.25) is 0 Å². The van der Waals surface area contributed by atoms with Crippen LogP contribution in [0.3, 0.4) is 0 Å². The van der Waals surface area contributed by atoms with Crippen LogP contribution in [0.4, 0.5) is 0 Å². The highest BCUT2D eigenvalue weighted by Gasteiger charge is 2.18. The zero-order valence-electron chi connectivity index (χ0n) is 12.1. The Morgan fingerprint density at radius 1 is 1.45 bits per heavy atom. The Kier molecular flexibility index (Phi) is 4.65. The largest absolute Gasteiger partial charge is 0.359 e. The fourth-order valence-electron chi connectivity index (χ4n) is 2.37. The van der Waals surface area contributed by atoms with Crippen LogP contribution in [0.1, 0.15) is 31.3 Å². The molecule has 0 radical (unpaired) electrons. The minimum absolute atomic E-state index is 0.00308. The normalized spacial score (nSPS) is 11.2. The first kappa shape index (κ1) is 14.8. The summed E-state index contributed by atoms with van der Waals surface area (Å²) in [4.78, 5) is 16.0. The summed E-state index contributed by atoms with van der Waals surface area (Å²) in [5, 5.41) is 7.14. The quantitative estimate of drug-likeness (QED) is 0.824. The van der Waals surface area contributed by atoms with Gasteiger partial charge in [-0.2, -0.15) is 5.10 Å².